The van der Waals surface area contributed by atoms with Crippen LogP contribution in [0.15, 0.2) is 79.0 Å². The molecule has 0 fully saturated rings. The zero-order valence-electron chi connectivity index (χ0n) is 19.2. The first kappa shape index (κ1) is 23.7. The second-order valence-corrected chi connectivity index (χ2v) is 8.37. The lowest BCUT2D eigenvalue weighted by atomic mass is 10.00. The van der Waals surface area contributed by atoms with Gasteiger partial charge in [0.1, 0.15) is 17.5 Å². The third-order valence-corrected chi connectivity index (χ3v) is 6.12. The van der Waals surface area contributed by atoms with E-state index in [1.165, 1.54) is 70.4 Å². The van der Waals surface area contributed by atoms with Crippen molar-refractivity contribution in [2.24, 2.45) is 0 Å². The number of phenols is 1. The van der Waals surface area contributed by atoms with Gasteiger partial charge in [0.2, 0.25) is 0 Å². The Kier molecular flexibility index (Phi) is 5.89. The number of aromatic nitrogens is 2. The number of aromatic hydroxyl groups is 1. The van der Waals surface area contributed by atoms with E-state index in [0.29, 0.717) is 12.2 Å². The number of fused-ring (bicyclic) bond motifs is 1. The van der Waals surface area contributed by atoms with E-state index in [0.717, 1.165) is 0 Å². The van der Waals surface area contributed by atoms with Crippen LogP contribution in [0.5, 0.6) is 5.75 Å². The van der Waals surface area contributed by atoms with Crippen molar-refractivity contribution < 1.29 is 23.5 Å². The predicted molar refractivity (Wildman–Crippen MR) is 131 cm³/mol. The Hall–Kier alpha value is -5.04. The molecule has 0 saturated heterocycles. The van der Waals surface area contributed by atoms with Crippen molar-refractivity contribution in [3.8, 4) is 11.8 Å². The molecule has 0 aliphatic carbocycles. The van der Waals surface area contributed by atoms with Crippen molar-refractivity contribution in [3.63, 3.8) is 0 Å². The van der Waals surface area contributed by atoms with Gasteiger partial charge in [0.15, 0.2) is 0 Å². The molecule has 2 amide bonds. The molecule has 0 radical (unpaired) electrons. The predicted octanol–water partition coefficient (Wildman–Crippen LogP) is 4.51. The van der Waals surface area contributed by atoms with Crippen LogP contribution in [0.4, 0.5) is 20.2 Å². The van der Waals surface area contributed by atoms with Crippen LogP contribution < -0.4 is 10.2 Å². The molecule has 0 atom stereocenters. The first-order chi connectivity index (χ1) is 17.8. The summed E-state index contributed by atoms with van der Waals surface area (Å²) in [5.74, 6) is -4.54. The number of nitriles is 1. The minimum atomic E-state index is -3.20. The van der Waals surface area contributed by atoms with Crippen LogP contribution >= 0.6 is 0 Å². The van der Waals surface area contributed by atoms with Gasteiger partial charge in [-0.2, -0.15) is 19.1 Å². The van der Waals surface area contributed by atoms with Gasteiger partial charge in [-0.25, -0.2) is 0 Å². The fraction of sp³-hybridized carbons (Fsp3) is 0.111. The van der Waals surface area contributed by atoms with E-state index in [9.17, 15) is 23.5 Å². The number of benzene rings is 3. The average Bonchev–Trinajstić information content (AvgIpc) is 3.36. The molecular formula is C27H19F2N5O3. The summed E-state index contributed by atoms with van der Waals surface area (Å²) in [5.41, 5.74) is 0.395. The van der Waals surface area contributed by atoms with Gasteiger partial charge in [0, 0.05) is 29.0 Å². The monoisotopic (exact) mass is 499 g/mol. The summed E-state index contributed by atoms with van der Waals surface area (Å²) in [6.45, 7) is 0.542. The first-order valence-electron chi connectivity index (χ1n) is 11.3. The lowest BCUT2D eigenvalue weighted by Gasteiger charge is -2.28. The highest BCUT2D eigenvalue weighted by molar-refractivity contribution is 6.15. The fourth-order valence-electron chi connectivity index (χ4n) is 4.18. The lowest BCUT2D eigenvalue weighted by molar-refractivity contribution is 0.0428. The molecule has 0 bridgehead atoms. The lowest BCUT2D eigenvalue weighted by Crippen LogP contribution is -2.41. The van der Waals surface area contributed by atoms with Gasteiger partial charge in [-0.1, -0.05) is 42.5 Å². The number of hydrogen-bond donors (Lipinski definition) is 2. The fourth-order valence-corrected chi connectivity index (χ4v) is 4.18. The van der Waals surface area contributed by atoms with Crippen LogP contribution in [0.1, 0.15) is 37.5 Å². The molecule has 10 heteroatoms. The Bertz CT molecular complexity index is 1540. The van der Waals surface area contributed by atoms with Crippen molar-refractivity contribution in [1.82, 2.24) is 9.78 Å². The third kappa shape index (κ3) is 4.27. The molecular weight excluding hydrogens is 480 g/mol. The van der Waals surface area contributed by atoms with Crippen LogP contribution in [-0.4, -0.2) is 33.2 Å². The maximum atomic E-state index is 14.9. The third-order valence-electron chi connectivity index (χ3n) is 6.12. The number of amides is 2. The average molecular weight is 499 g/mol. The van der Waals surface area contributed by atoms with E-state index in [1.54, 1.807) is 18.2 Å². The van der Waals surface area contributed by atoms with Crippen molar-refractivity contribution in [2.75, 3.05) is 16.8 Å². The van der Waals surface area contributed by atoms with E-state index in [4.69, 9.17) is 5.26 Å². The number of alkyl halides is 2. The van der Waals surface area contributed by atoms with Crippen LogP contribution in [0, 0.1) is 11.3 Å². The van der Waals surface area contributed by atoms with Gasteiger partial charge < -0.3 is 15.3 Å². The van der Waals surface area contributed by atoms with Crippen LogP contribution in [-0.2, 0) is 12.5 Å². The number of carbonyl (C=O) groups is 2. The molecule has 5 rings (SSSR count). The molecule has 0 saturated carbocycles. The van der Waals surface area contributed by atoms with Gasteiger partial charge in [0.05, 0.1) is 23.9 Å². The molecule has 2 heterocycles. The van der Waals surface area contributed by atoms with E-state index in [-0.39, 0.29) is 45.9 Å². The number of nitrogens with zero attached hydrogens (tertiary/aromatic N) is 4. The second-order valence-electron chi connectivity index (χ2n) is 8.37. The van der Waals surface area contributed by atoms with Gasteiger partial charge in [-0.3, -0.25) is 14.3 Å². The van der Waals surface area contributed by atoms with Crippen molar-refractivity contribution in [1.29, 1.82) is 5.26 Å². The Labute approximate surface area is 210 Å². The second kappa shape index (κ2) is 9.20. The number of nitrogens with one attached hydrogen (secondary N) is 1. The minimum absolute atomic E-state index is 0.0154. The Balaban J connectivity index is 1.38. The van der Waals surface area contributed by atoms with Gasteiger partial charge in [-0.05, 0) is 30.3 Å². The van der Waals surface area contributed by atoms with Gasteiger partial charge >= 0.3 is 0 Å². The number of phenolic OH excluding ortho intramolecular Hbond substituents is 1. The van der Waals surface area contributed by atoms with E-state index < -0.39 is 17.7 Å². The molecule has 8 nitrogen and oxygen atoms in total. The molecule has 3 aromatic carbocycles. The van der Waals surface area contributed by atoms with Gasteiger partial charge in [0.25, 0.3) is 17.7 Å². The van der Waals surface area contributed by atoms with Crippen LogP contribution in [0.2, 0.25) is 0 Å². The number of carbonyl (C=O) groups excluding carboxylic acids is 2. The summed E-state index contributed by atoms with van der Waals surface area (Å²) in [7, 11) is 0. The molecule has 0 unspecified atom stereocenters. The standard InChI is InChI=1S/C27H19F2N5O3/c28-27(29,18-4-2-1-3-5-18)19-6-9-21(10-7-19)33-12-13-34-24(26(33)37)22(16-31-34)25(36)32-20-8-11-23(35)17(14-20)15-30/h1-11,14,16,35H,12-13H2,(H,32,36). The molecule has 0 spiro atoms. The van der Waals surface area contributed by atoms with Crippen molar-refractivity contribution in [2.45, 2.75) is 12.5 Å². The SMILES string of the molecule is N#Cc1cc(NC(=O)c2cnn3c2C(=O)N(c2ccc(C(F)(F)c4ccccc4)cc2)CC3)ccc1O. The molecule has 1 aromatic heterocycles. The summed E-state index contributed by atoms with van der Waals surface area (Å²) in [6.07, 6.45) is 1.28. The summed E-state index contributed by atoms with van der Waals surface area (Å²) < 4.78 is 31.3. The molecule has 37 heavy (non-hydrogen) atoms. The van der Waals surface area contributed by atoms with Crippen LogP contribution in [0.3, 0.4) is 0 Å². The summed E-state index contributed by atoms with van der Waals surface area (Å²) in [5, 5.41) is 25.5. The molecule has 1 aliphatic heterocycles. The van der Waals surface area contributed by atoms with E-state index >= 15 is 0 Å². The van der Waals surface area contributed by atoms with E-state index in [1.807, 2.05) is 6.07 Å². The summed E-state index contributed by atoms with van der Waals surface area (Å²) in [4.78, 5) is 27.7. The summed E-state index contributed by atoms with van der Waals surface area (Å²) in [6, 6.07) is 18.8. The zero-order valence-corrected chi connectivity index (χ0v) is 19.2. The molecule has 1 aliphatic rings. The Morgan fingerprint density at radius 3 is 2.43 bits per heavy atom. The Morgan fingerprint density at radius 1 is 1.03 bits per heavy atom. The topological polar surface area (TPSA) is 111 Å². The quantitative estimate of drug-likeness (QED) is 0.393. The minimum Gasteiger partial charge on any atom is -0.507 e. The summed E-state index contributed by atoms with van der Waals surface area (Å²) >= 11 is 0. The van der Waals surface area contributed by atoms with Crippen LogP contribution in [0.25, 0.3) is 0 Å². The number of anilines is 2. The highest BCUT2D eigenvalue weighted by Crippen LogP contribution is 2.36. The maximum absolute atomic E-state index is 14.9. The van der Waals surface area contributed by atoms with Gasteiger partial charge in [-0.15, -0.1) is 0 Å². The molecule has 184 valence electrons. The highest BCUT2D eigenvalue weighted by atomic mass is 19.3. The highest BCUT2D eigenvalue weighted by Gasteiger charge is 2.35. The van der Waals surface area contributed by atoms with Crippen molar-refractivity contribution >= 4 is 23.2 Å². The number of rotatable bonds is 5. The smallest absolute Gasteiger partial charge is 0.298 e. The largest absolute Gasteiger partial charge is 0.507 e. The number of halogens is 2. The Morgan fingerprint density at radius 2 is 1.73 bits per heavy atom. The van der Waals surface area contributed by atoms with Crippen molar-refractivity contribution in [3.05, 3.63) is 107 Å². The normalized spacial score (nSPS) is 13.1. The number of hydrogen-bond acceptors (Lipinski definition) is 5. The first-order valence-corrected chi connectivity index (χ1v) is 11.3. The maximum Gasteiger partial charge on any atom is 0.298 e. The molecule has 4 aromatic rings. The zero-order chi connectivity index (χ0) is 26.2. The molecule has 2 N–H and O–H groups in total. The van der Waals surface area contributed by atoms with E-state index in [2.05, 4.69) is 10.4 Å².